The van der Waals surface area contributed by atoms with Crippen LogP contribution >= 0.6 is 6.72 Å². The van der Waals surface area contributed by atoms with E-state index >= 15 is 0 Å². The number of methoxy groups -OCH3 is 1. The van der Waals surface area contributed by atoms with E-state index in [4.69, 9.17) is 48.4 Å². The third-order valence-corrected chi connectivity index (χ3v) is 27.5. The highest BCUT2D eigenvalue weighted by atomic mass is 32.5. The Morgan fingerprint density at radius 3 is 1.52 bits per heavy atom. The number of hydrogen-bond acceptors (Lipinski definition) is 14. The molecule has 81 heavy (non-hydrogen) atoms. The smallest absolute Gasteiger partial charge is 0.330 e. The SMILES string of the molecule is COc1cc[n+]([O-])c(CO[P@@](=S)(OC[C@H]2O[C@@H](n3cc(C)c(=O)[nH]c3=O)C[C@@H]2O[Si](c2ccccc2)(c2ccccc2)C(C)(C)C)O[C@H]2C[C@H](n3cc(C)c(=O)[nH]c3=O)O[C@@H]2CO[Si](c2ccccc2)(c2ccccc2)C(C)(C)C)c1. The zero-order chi connectivity index (χ0) is 57.9. The molecule has 0 bridgehead atoms. The molecule has 3 aromatic heterocycles. The minimum absolute atomic E-state index is 0.0159. The van der Waals surface area contributed by atoms with Gasteiger partial charge in [0.25, 0.3) is 27.8 Å². The number of aromatic nitrogens is 5. The maximum Gasteiger partial charge on any atom is 0.330 e. The quantitative estimate of drug-likeness (QED) is 0.0372. The summed E-state index contributed by atoms with van der Waals surface area (Å²) in [6.07, 6.45) is -1.19. The molecule has 22 heteroatoms. The number of aryl methyl sites for hydroxylation is 2. The fourth-order valence-corrected chi connectivity index (χ4v) is 22.4. The van der Waals surface area contributed by atoms with Crippen molar-refractivity contribution in [2.75, 3.05) is 20.3 Å². The van der Waals surface area contributed by atoms with Gasteiger partial charge in [0.2, 0.25) is 5.69 Å². The van der Waals surface area contributed by atoms with Crippen molar-refractivity contribution in [3.05, 3.63) is 216 Å². The van der Waals surface area contributed by atoms with Crippen molar-refractivity contribution in [2.45, 2.75) is 122 Å². The molecule has 0 spiro atoms. The molecule has 428 valence electrons. The number of aromatic amines is 2. The van der Waals surface area contributed by atoms with Crippen LogP contribution in [0.15, 0.2) is 171 Å². The van der Waals surface area contributed by atoms with Gasteiger partial charge in [-0.25, -0.2) is 9.59 Å². The van der Waals surface area contributed by atoms with Gasteiger partial charge in [-0.15, -0.1) is 0 Å². The summed E-state index contributed by atoms with van der Waals surface area (Å²) in [5.41, 5.74) is -1.69. The maximum absolute atomic E-state index is 13.6. The number of nitrogens with zero attached hydrogens (tertiary/aromatic N) is 3. The topological polar surface area (TPSA) is 210 Å². The third-order valence-electron chi connectivity index (χ3n) is 15.1. The van der Waals surface area contributed by atoms with Gasteiger partial charge in [-0.05, 0) is 56.5 Å². The molecule has 0 amide bonds. The van der Waals surface area contributed by atoms with Crippen LogP contribution in [0.1, 0.15) is 83.7 Å². The maximum atomic E-state index is 13.6. The minimum Gasteiger partial charge on any atom is -0.618 e. The summed E-state index contributed by atoms with van der Waals surface area (Å²) in [5.74, 6) is 0.395. The number of nitrogens with one attached hydrogen (secondary N) is 2. The Hall–Kier alpha value is -6.21. The predicted molar refractivity (Wildman–Crippen MR) is 317 cm³/mol. The zero-order valence-electron chi connectivity index (χ0n) is 46.9. The molecular weight excluding hydrogens is 1110 g/mol. The highest BCUT2D eigenvalue weighted by Crippen LogP contribution is 2.55. The van der Waals surface area contributed by atoms with E-state index in [9.17, 15) is 24.4 Å². The number of rotatable bonds is 20. The largest absolute Gasteiger partial charge is 0.618 e. The van der Waals surface area contributed by atoms with Crippen LogP contribution in [0.25, 0.3) is 0 Å². The monoisotopic (exact) mass is 1180 g/mol. The Labute approximate surface area is 477 Å². The van der Waals surface area contributed by atoms with Gasteiger partial charge >= 0.3 is 18.1 Å². The molecule has 2 aliphatic rings. The number of H-pyrrole nitrogens is 2. The summed E-state index contributed by atoms with van der Waals surface area (Å²) in [4.78, 5) is 57.5. The van der Waals surface area contributed by atoms with Crippen LogP contribution in [0.2, 0.25) is 10.1 Å². The van der Waals surface area contributed by atoms with E-state index in [1.807, 2.05) is 72.8 Å². The summed E-state index contributed by atoms with van der Waals surface area (Å²) in [6.45, 7) is 11.3. The zero-order valence-corrected chi connectivity index (χ0v) is 50.6. The van der Waals surface area contributed by atoms with Gasteiger partial charge in [0, 0.05) is 42.4 Å². The fraction of sp³-hybridized carbons (Fsp3) is 0.373. The lowest BCUT2D eigenvalue weighted by molar-refractivity contribution is -0.616. The first-order chi connectivity index (χ1) is 38.6. The van der Waals surface area contributed by atoms with E-state index in [0.29, 0.717) is 16.0 Å². The summed E-state index contributed by atoms with van der Waals surface area (Å²) in [7, 11) is -5.08. The summed E-state index contributed by atoms with van der Waals surface area (Å²) in [5, 5.41) is 16.5. The van der Waals surface area contributed by atoms with Crippen LogP contribution in [0.3, 0.4) is 0 Å². The molecule has 4 aromatic carbocycles. The Balaban J connectivity index is 1.13. The lowest BCUT2D eigenvalue weighted by Gasteiger charge is -2.45. The highest BCUT2D eigenvalue weighted by Gasteiger charge is 2.55. The molecule has 0 aliphatic carbocycles. The Morgan fingerprint density at radius 2 is 1.07 bits per heavy atom. The Kier molecular flexibility index (Phi) is 17.8. The van der Waals surface area contributed by atoms with Crippen molar-refractivity contribution >= 4 is 55.9 Å². The van der Waals surface area contributed by atoms with Gasteiger partial charge in [0.1, 0.15) is 37.0 Å². The first kappa shape index (κ1) is 59.4. The molecule has 0 saturated carbocycles. The van der Waals surface area contributed by atoms with Gasteiger partial charge in [-0.3, -0.25) is 33.2 Å². The molecule has 0 radical (unpaired) electrons. The molecule has 9 rings (SSSR count). The standard InChI is InChI=1S/C59H70N5O13PSSi2/c1-40-35-62(56(67)60-54(40)65)52-33-48(51(75-52)39-73-80(58(3,4)5,44-22-14-10-15-23-44)45-24-16-11-17-25-45)76-78(79,71-37-42-32-43(70-9)30-31-64(42)69)72-38-50-49(34-53(74-50)63-36-41(2)55(66)61-57(63)68)77-81(59(6,7)8,46-26-18-12-19-27-46)47-28-20-13-21-29-47/h10-32,35-36,48-53H,33-34,37-39H2,1-9H3,(H,60,65,67)(H,61,66,68)/t48-,49-,50+,51+,52+,53+,78+/m0/s1. The molecule has 5 heterocycles. The van der Waals surface area contributed by atoms with Crippen LogP contribution in [-0.4, -0.2) is 80.5 Å². The number of ether oxygens (including phenoxy) is 3. The molecule has 7 aromatic rings. The second kappa shape index (κ2) is 24.3. The Bertz CT molecular complexity index is 3520. The van der Waals surface area contributed by atoms with Crippen molar-refractivity contribution < 1.29 is 41.4 Å². The van der Waals surface area contributed by atoms with Crippen molar-refractivity contribution in [3.8, 4) is 5.75 Å². The van der Waals surface area contributed by atoms with E-state index < -0.39 is 92.8 Å². The van der Waals surface area contributed by atoms with E-state index in [0.717, 1.165) is 20.7 Å². The van der Waals surface area contributed by atoms with Crippen LogP contribution in [0.5, 0.6) is 5.75 Å². The lowest BCUT2D eigenvalue weighted by Crippen LogP contribution is -2.68. The summed E-state index contributed by atoms with van der Waals surface area (Å²) in [6, 6.07) is 43.5. The van der Waals surface area contributed by atoms with E-state index in [1.165, 1.54) is 47.0 Å². The lowest BCUT2D eigenvalue weighted by atomic mass is 10.2. The molecule has 0 unspecified atom stereocenters. The fourth-order valence-electron chi connectivity index (χ4n) is 11.1. The second-order valence-corrected chi connectivity index (χ2v) is 34.0. The summed E-state index contributed by atoms with van der Waals surface area (Å²) < 4.78 is 58.2. The van der Waals surface area contributed by atoms with Crippen LogP contribution < -0.4 is 52.7 Å². The average Bonchev–Trinajstić information content (AvgIpc) is 3.92. The summed E-state index contributed by atoms with van der Waals surface area (Å²) >= 11 is 6.47. The number of pyridine rings is 1. The molecule has 18 nitrogen and oxygen atoms in total. The molecule has 7 atom stereocenters. The minimum atomic E-state index is -4.14. The van der Waals surface area contributed by atoms with Crippen LogP contribution in [0, 0.1) is 19.1 Å². The van der Waals surface area contributed by atoms with Crippen LogP contribution in [0.4, 0.5) is 0 Å². The second-order valence-electron chi connectivity index (χ2n) is 22.5. The van der Waals surface area contributed by atoms with Gasteiger partial charge in [0.05, 0.1) is 38.6 Å². The van der Waals surface area contributed by atoms with Gasteiger partial charge in [-0.1, -0.05) is 163 Å². The third kappa shape index (κ3) is 12.4. The van der Waals surface area contributed by atoms with Crippen molar-refractivity contribution in [3.63, 3.8) is 0 Å². The van der Waals surface area contributed by atoms with E-state index in [-0.39, 0.29) is 43.9 Å². The van der Waals surface area contributed by atoms with Gasteiger partial charge < -0.3 is 37.3 Å². The van der Waals surface area contributed by atoms with Gasteiger partial charge in [0.15, 0.2) is 6.20 Å². The predicted octanol–water partition coefficient (Wildman–Crippen LogP) is 6.29. The number of benzene rings is 4. The normalized spacial score (nSPS) is 20.5. The molecule has 2 fully saturated rings. The average molecular weight is 1180 g/mol. The first-order valence-corrected chi connectivity index (χ1v) is 33.3. The highest BCUT2D eigenvalue weighted by molar-refractivity contribution is 8.07. The first-order valence-electron chi connectivity index (χ1n) is 26.9. The van der Waals surface area contributed by atoms with E-state index in [1.54, 1.807) is 13.8 Å². The number of hydrogen-bond donors (Lipinski definition) is 2. The van der Waals surface area contributed by atoms with Crippen molar-refractivity contribution in [1.29, 1.82) is 0 Å². The molecule has 2 N–H and O–H groups in total. The Morgan fingerprint density at radius 1 is 0.642 bits per heavy atom. The molecule has 2 saturated heterocycles. The molecule has 2 aliphatic heterocycles. The van der Waals surface area contributed by atoms with Gasteiger partial charge in [-0.2, -0.15) is 4.73 Å². The molecular formula is C59H70N5O13PSSi2. The van der Waals surface area contributed by atoms with E-state index in [2.05, 4.69) is 100 Å². The van der Waals surface area contributed by atoms with Crippen LogP contribution in [-0.2, 0) is 50.3 Å². The van der Waals surface area contributed by atoms with Crippen molar-refractivity contribution in [2.24, 2.45) is 0 Å². The van der Waals surface area contributed by atoms with Crippen molar-refractivity contribution in [1.82, 2.24) is 19.1 Å².